The Hall–Kier alpha value is -4.45. The average molecular weight is 418 g/mol. The predicted molar refractivity (Wildman–Crippen MR) is 112 cm³/mol. The van der Waals surface area contributed by atoms with Crippen LogP contribution in [0.4, 0.5) is 5.69 Å². The van der Waals surface area contributed by atoms with Crippen molar-refractivity contribution < 1.29 is 23.7 Å². The van der Waals surface area contributed by atoms with Gasteiger partial charge >= 0.3 is 0 Å². The zero-order valence-electron chi connectivity index (χ0n) is 16.8. The number of ether oxygens (including phenoxy) is 4. The summed E-state index contributed by atoms with van der Waals surface area (Å²) in [6.45, 7) is 0.170. The van der Waals surface area contributed by atoms with Crippen LogP contribution >= 0.6 is 0 Å². The number of nitrogens with zero attached hydrogens (tertiary/aromatic N) is 2. The van der Waals surface area contributed by atoms with Gasteiger partial charge in [-0.1, -0.05) is 0 Å². The summed E-state index contributed by atoms with van der Waals surface area (Å²) in [5.74, 6) is 1.71. The summed E-state index contributed by atoms with van der Waals surface area (Å²) in [6, 6.07) is 12.3. The Morgan fingerprint density at radius 1 is 1.16 bits per heavy atom. The number of methoxy groups -OCH3 is 2. The fraction of sp³-hybridized carbons (Fsp3) is 0.136. The van der Waals surface area contributed by atoms with Crippen LogP contribution in [-0.4, -0.2) is 37.1 Å². The average Bonchev–Trinajstić information content (AvgIpc) is 3.45. The van der Waals surface area contributed by atoms with Crippen molar-refractivity contribution >= 4 is 17.7 Å². The van der Waals surface area contributed by atoms with Gasteiger partial charge in [0.1, 0.15) is 11.6 Å². The third-order valence-electron chi connectivity index (χ3n) is 4.64. The quantitative estimate of drug-likeness (QED) is 0.465. The Balaban J connectivity index is 1.59. The van der Waals surface area contributed by atoms with Gasteiger partial charge in [0, 0.05) is 22.9 Å². The number of anilines is 1. The first-order valence-corrected chi connectivity index (χ1v) is 9.21. The maximum Gasteiger partial charge on any atom is 0.266 e. The second kappa shape index (κ2) is 8.51. The third-order valence-corrected chi connectivity index (χ3v) is 4.64. The number of fused-ring (bicyclic) bond motifs is 1. The number of aromatic amines is 1. The molecule has 0 saturated heterocycles. The lowest BCUT2D eigenvalue weighted by Crippen LogP contribution is -2.13. The summed E-state index contributed by atoms with van der Waals surface area (Å²) >= 11 is 0. The standard InChI is InChI=1S/C22H18N4O5/c1-28-17-6-4-16(9-19(17)29-2)25-22(27)14(10-23)7-15-11-24-26-21(15)13-3-5-18-20(8-13)31-12-30-18/h3-9,11H,12H2,1-2H3,(H,24,26)(H,25,27)/b14-7+. The van der Waals surface area contributed by atoms with Crippen LogP contribution < -0.4 is 24.3 Å². The summed E-state index contributed by atoms with van der Waals surface area (Å²) in [7, 11) is 3.02. The first-order chi connectivity index (χ1) is 15.1. The molecule has 4 rings (SSSR count). The number of aromatic nitrogens is 2. The lowest BCUT2D eigenvalue weighted by Gasteiger charge is -2.10. The van der Waals surface area contributed by atoms with Crippen molar-refractivity contribution in [3.05, 3.63) is 53.7 Å². The van der Waals surface area contributed by atoms with Crippen LogP contribution in [0, 0.1) is 11.3 Å². The second-order valence-electron chi connectivity index (χ2n) is 6.46. The van der Waals surface area contributed by atoms with Crippen LogP contribution in [0.2, 0.25) is 0 Å². The molecule has 0 unspecified atom stereocenters. The molecule has 0 atom stereocenters. The largest absolute Gasteiger partial charge is 0.493 e. The number of amides is 1. The topological polar surface area (TPSA) is 118 Å². The normalized spacial score (nSPS) is 12.2. The molecule has 0 radical (unpaired) electrons. The molecule has 0 spiro atoms. The molecule has 0 aliphatic carbocycles. The molecule has 1 aromatic heterocycles. The SMILES string of the molecule is COc1ccc(NC(=O)/C(C#N)=C/c2cn[nH]c2-c2ccc3c(c2)OCO3)cc1OC. The van der Waals surface area contributed by atoms with E-state index in [9.17, 15) is 10.1 Å². The van der Waals surface area contributed by atoms with Crippen molar-refractivity contribution in [3.8, 4) is 40.3 Å². The maximum atomic E-state index is 12.7. The van der Waals surface area contributed by atoms with Crippen molar-refractivity contribution in [2.75, 3.05) is 26.3 Å². The van der Waals surface area contributed by atoms with E-state index in [1.165, 1.54) is 20.3 Å². The van der Waals surface area contributed by atoms with Crippen molar-refractivity contribution in [2.45, 2.75) is 0 Å². The van der Waals surface area contributed by atoms with Gasteiger partial charge in [-0.3, -0.25) is 9.89 Å². The van der Waals surface area contributed by atoms with Gasteiger partial charge in [0.15, 0.2) is 23.0 Å². The van der Waals surface area contributed by atoms with Crippen LogP contribution in [0.5, 0.6) is 23.0 Å². The third kappa shape index (κ3) is 4.00. The summed E-state index contributed by atoms with van der Waals surface area (Å²) < 4.78 is 21.2. The zero-order valence-corrected chi connectivity index (χ0v) is 16.8. The molecule has 3 aromatic rings. The molecule has 0 bridgehead atoms. The van der Waals surface area contributed by atoms with E-state index < -0.39 is 5.91 Å². The van der Waals surface area contributed by atoms with E-state index in [2.05, 4.69) is 15.5 Å². The fourth-order valence-corrected chi connectivity index (χ4v) is 3.10. The number of carbonyl (C=O) groups excluding carboxylic acids is 1. The summed E-state index contributed by atoms with van der Waals surface area (Å²) in [5.41, 5.74) is 2.39. The molecule has 9 heteroatoms. The van der Waals surface area contributed by atoms with Gasteiger partial charge in [-0.2, -0.15) is 10.4 Å². The first-order valence-electron chi connectivity index (χ1n) is 9.21. The van der Waals surface area contributed by atoms with Crippen LogP contribution in [0.3, 0.4) is 0 Å². The molecule has 156 valence electrons. The van der Waals surface area contributed by atoms with Crippen LogP contribution in [0.25, 0.3) is 17.3 Å². The number of rotatable bonds is 6. The highest BCUT2D eigenvalue weighted by molar-refractivity contribution is 6.10. The molecular weight excluding hydrogens is 400 g/mol. The van der Waals surface area contributed by atoms with Gasteiger partial charge in [0.25, 0.3) is 5.91 Å². The number of hydrogen-bond acceptors (Lipinski definition) is 7. The maximum absolute atomic E-state index is 12.7. The van der Waals surface area contributed by atoms with E-state index in [0.29, 0.717) is 39.9 Å². The summed E-state index contributed by atoms with van der Waals surface area (Å²) in [6.07, 6.45) is 3.01. The smallest absolute Gasteiger partial charge is 0.266 e. The molecule has 1 aliphatic heterocycles. The summed E-state index contributed by atoms with van der Waals surface area (Å²) in [5, 5.41) is 19.2. The molecule has 2 aromatic carbocycles. The molecule has 9 nitrogen and oxygen atoms in total. The van der Waals surface area contributed by atoms with Gasteiger partial charge in [-0.25, -0.2) is 0 Å². The van der Waals surface area contributed by atoms with Crippen molar-refractivity contribution in [1.29, 1.82) is 5.26 Å². The highest BCUT2D eigenvalue weighted by atomic mass is 16.7. The Kier molecular flexibility index (Phi) is 5.45. The summed E-state index contributed by atoms with van der Waals surface area (Å²) in [4.78, 5) is 12.7. The first kappa shape index (κ1) is 19.8. The molecule has 1 amide bonds. The van der Waals surface area contributed by atoms with Gasteiger partial charge in [0.2, 0.25) is 6.79 Å². The van der Waals surface area contributed by atoms with Gasteiger partial charge < -0.3 is 24.3 Å². The van der Waals surface area contributed by atoms with E-state index in [4.69, 9.17) is 18.9 Å². The van der Waals surface area contributed by atoms with E-state index in [1.807, 2.05) is 18.2 Å². The fourth-order valence-electron chi connectivity index (χ4n) is 3.10. The molecule has 0 saturated carbocycles. The molecular formula is C22H18N4O5. The molecule has 2 heterocycles. The Morgan fingerprint density at radius 3 is 2.74 bits per heavy atom. The molecule has 1 aliphatic rings. The number of carbonyl (C=O) groups is 1. The minimum atomic E-state index is -0.562. The molecule has 31 heavy (non-hydrogen) atoms. The highest BCUT2D eigenvalue weighted by Crippen LogP contribution is 2.36. The van der Waals surface area contributed by atoms with Gasteiger partial charge in [-0.05, 0) is 36.4 Å². The Bertz CT molecular complexity index is 1210. The second-order valence-corrected chi connectivity index (χ2v) is 6.46. The van der Waals surface area contributed by atoms with Crippen LogP contribution in [0.1, 0.15) is 5.56 Å². The Morgan fingerprint density at radius 2 is 1.97 bits per heavy atom. The predicted octanol–water partition coefficient (Wildman–Crippen LogP) is 3.37. The van der Waals surface area contributed by atoms with Gasteiger partial charge in [0.05, 0.1) is 26.1 Å². The zero-order chi connectivity index (χ0) is 21.8. The van der Waals surface area contributed by atoms with E-state index >= 15 is 0 Å². The number of H-pyrrole nitrogens is 1. The van der Waals surface area contributed by atoms with E-state index in [1.54, 1.807) is 30.5 Å². The number of hydrogen-bond donors (Lipinski definition) is 2. The number of nitriles is 1. The Labute approximate surface area is 177 Å². The lowest BCUT2D eigenvalue weighted by molar-refractivity contribution is -0.112. The number of benzene rings is 2. The van der Waals surface area contributed by atoms with Crippen molar-refractivity contribution in [1.82, 2.24) is 10.2 Å². The number of nitrogens with one attached hydrogen (secondary N) is 2. The van der Waals surface area contributed by atoms with Crippen LogP contribution in [-0.2, 0) is 4.79 Å². The van der Waals surface area contributed by atoms with E-state index in [-0.39, 0.29) is 12.4 Å². The monoisotopic (exact) mass is 418 g/mol. The minimum Gasteiger partial charge on any atom is -0.493 e. The van der Waals surface area contributed by atoms with Crippen LogP contribution in [0.15, 0.2) is 48.2 Å². The van der Waals surface area contributed by atoms with Crippen molar-refractivity contribution in [3.63, 3.8) is 0 Å². The van der Waals surface area contributed by atoms with Gasteiger partial charge in [-0.15, -0.1) is 0 Å². The lowest BCUT2D eigenvalue weighted by atomic mass is 10.1. The highest BCUT2D eigenvalue weighted by Gasteiger charge is 2.17. The molecule has 0 fully saturated rings. The van der Waals surface area contributed by atoms with E-state index in [0.717, 1.165) is 5.56 Å². The minimum absolute atomic E-state index is 0.0850. The van der Waals surface area contributed by atoms with Crippen molar-refractivity contribution in [2.24, 2.45) is 0 Å². The molecule has 2 N–H and O–H groups in total.